The van der Waals surface area contributed by atoms with Crippen LogP contribution in [0.5, 0.6) is 5.75 Å². The Labute approximate surface area is 83.3 Å². The second kappa shape index (κ2) is 4.27. The SMILES string of the molecule is Oc1cc[c-]cc1S.[U]. The van der Waals surface area contributed by atoms with E-state index < -0.39 is 0 Å². The summed E-state index contributed by atoms with van der Waals surface area (Å²) in [6.07, 6.45) is 0. The molecular weight excluding hydrogens is 358 g/mol. The molecule has 0 aliphatic heterocycles. The van der Waals surface area contributed by atoms with Crippen LogP contribution < -0.4 is 0 Å². The Morgan fingerprint density at radius 2 is 2.22 bits per heavy atom. The molecular formula is C6H5OSU-. The quantitative estimate of drug-likeness (QED) is 0.529. The zero-order valence-corrected chi connectivity index (χ0v) is 9.68. The molecule has 0 saturated heterocycles. The second-order valence-corrected chi connectivity index (χ2v) is 1.90. The van der Waals surface area contributed by atoms with E-state index in [4.69, 9.17) is 5.11 Å². The monoisotopic (exact) mass is 363 g/mol. The summed E-state index contributed by atoms with van der Waals surface area (Å²) >= 11 is 3.92. The van der Waals surface area contributed by atoms with Gasteiger partial charge in [0.2, 0.25) is 0 Å². The van der Waals surface area contributed by atoms with Crippen molar-refractivity contribution in [3.05, 3.63) is 24.3 Å². The van der Waals surface area contributed by atoms with Gasteiger partial charge in [0.15, 0.2) is 0 Å². The topological polar surface area (TPSA) is 20.2 Å². The van der Waals surface area contributed by atoms with Crippen LogP contribution in [0.4, 0.5) is 0 Å². The predicted octanol–water partition coefficient (Wildman–Crippen LogP) is 1.48. The van der Waals surface area contributed by atoms with Gasteiger partial charge in [-0.05, 0) is 0 Å². The molecule has 0 aliphatic rings. The fraction of sp³-hybridized carbons (Fsp3) is 0. The van der Waals surface area contributed by atoms with Crippen LogP contribution in [0.15, 0.2) is 23.1 Å². The van der Waals surface area contributed by atoms with Crippen molar-refractivity contribution in [1.29, 1.82) is 0 Å². The van der Waals surface area contributed by atoms with Crippen LogP contribution in [0.2, 0.25) is 0 Å². The molecule has 1 aromatic carbocycles. The van der Waals surface area contributed by atoms with Crippen LogP contribution in [-0.4, -0.2) is 5.11 Å². The summed E-state index contributed by atoms with van der Waals surface area (Å²) in [6, 6.07) is 7.55. The van der Waals surface area contributed by atoms with Crippen LogP contribution >= 0.6 is 12.6 Å². The Bertz CT molecular complexity index is 169. The first-order chi connectivity index (χ1) is 3.80. The number of aromatic hydroxyl groups is 1. The van der Waals surface area contributed by atoms with Crippen molar-refractivity contribution in [1.82, 2.24) is 0 Å². The summed E-state index contributed by atoms with van der Waals surface area (Å²) in [4.78, 5) is 0.563. The third-order valence-corrected chi connectivity index (χ3v) is 1.18. The number of hydrogen-bond donors (Lipinski definition) is 2. The molecule has 1 rings (SSSR count). The smallest absolute Gasteiger partial charge is 0.0211 e. The van der Waals surface area contributed by atoms with Crippen LogP contribution in [0.3, 0.4) is 0 Å². The molecule has 0 bridgehead atoms. The van der Waals surface area contributed by atoms with Crippen molar-refractivity contribution in [2.75, 3.05) is 0 Å². The molecule has 0 amide bonds. The van der Waals surface area contributed by atoms with E-state index >= 15 is 0 Å². The molecule has 46 valence electrons. The van der Waals surface area contributed by atoms with Crippen molar-refractivity contribution in [3.63, 3.8) is 0 Å². The van der Waals surface area contributed by atoms with Crippen molar-refractivity contribution < 1.29 is 36.2 Å². The largest absolute Gasteiger partial charge is 0.532 e. The first kappa shape index (κ1) is 9.42. The number of rotatable bonds is 0. The fourth-order valence-corrected chi connectivity index (χ4v) is 0.562. The molecule has 1 N–H and O–H groups in total. The zero-order chi connectivity index (χ0) is 5.98. The maximum Gasteiger partial charge on any atom is 0.0211 e. The molecule has 0 saturated carbocycles. The van der Waals surface area contributed by atoms with Gasteiger partial charge in [0.25, 0.3) is 0 Å². The van der Waals surface area contributed by atoms with E-state index in [0.29, 0.717) is 4.90 Å². The van der Waals surface area contributed by atoms with E-state index in [1.54, 1.807) is 18.2 Å². The van der Waals surface area contributed by atoms with Gasteiger partial charge in [0.1, 0.15) is 0 Å². The van der Waals surface area contributed by atoms with E-state index in [0.717, 1.165) is 0 Å². The zero-order valence-electron chi connectivity index (χ0n) is 4.63. The molecule has 9 heavy (non-hydrogen) atoms. The van der Waals surface area contributed by atoms with Gasteiger partial charge in [-0.15, -0.1) is 6.07 Å². The first-order valence-corrected chi connectivity index (χ1v) is 2.63. The van der Waals surface area contributed by atoms with Crippen molar-refractivity contribution >= 4 is 12.6 Å². The number of thiol groups is 1. The molecule has 0 heterocycles. The first-order valence-electron chi connectivity index (χ1n) is 2.19. The minimum Gasteiger partial charge on any atom is -0.532 e. The van der Waals surface area contributed by atoms with Crippen LogP contribution in [-0.2, 0) is 0 Å². The molecule has 0 aromatic heterocycles. The molecule has 0 fully saturated rings. The summed E-state index contributed by atoms with van der Waals surface area (Å²) in [6.45, 7) is 0. The molecule has 0 spiro atoms. The number of hydrogen-bond acceptors (Lipinski definition) is 2. The summed E-state index contributed by atoms with van der Waals surface area (Å²) in [5.41, 5.74) is 0. The number of phenolic OH excluding ortho intramolecular Hbond substituents is 1. The second-order valence-electron chi connectivity index (χ2n) is 1.41. The van der Waals surface area contributed by atoms with Crippen LogP contribution in [0, 0.1) is 37.2 Å². The summed E-state index contributed by atoms with van der Waals surface area (Å²) < 4.78 is 0. The van der Waals surface area contributed by atoms with Crippen molar-refractivity contribution in [2.24, 2.45) is 0 Å². The van der Waals surface area contributed by atoms with Gasteiger partial charge in [-0.25, -0.2) is 12.6 Å². The van der Waals surface area contributed by atoms with Gasteiger partial charge in [0, 0.05) is 36.9 Å². The molecule has 1 nitrogen and oxygen atoms in total. The van der Waals surface area contributed by atoms with Crippen LogP contribution in [0.1, 0.15) is 0 Å². The third kappa shape index (κ3) is 2.66. The van der Waals surface area contributed by atoms with Crippen molar-refractivity contribution in [3.8, 4) is 5.75 Å². The molecule has 3 heteroatoms. The Kier molecular flexibility index (Phi) is 4.47. The van der Waals surface area contributed by atoms with Crippen LogP contribution in [0.25, 0.3) is 0 Å². The third-order valence-electron chi connectivity index (χ3n) is 0.820. The van der Waals surface area contributed by atoms with Crippen molar-refractivity contribution in [2.45, 2.75) is 4.90 Å². The maximum atomic E-state index is 8.82. The number of benzene rings is 1. The maximum absolute atomic E-state index is 8.82. The average Bonchev–Trinajstić information content (AvgIpc) is 1.77. The Morgan fingerprint density at radius 1 is 1.56 bits per heavy atom. The van der Waals surface area contributed by atoms with E-state index in [-0.39, 0.29) is 36.9 Å². The molecule has 0 aliphatic carbocycles. The van der Waals surface area contributed by atoms with E-state index in [1.807, 2.05) is 0 Å². The van der Waals surface area contributed by atoms with E-state index in [2.05, 4.69) is 18.7 Å². The Hall–Kier alpha value is 0.422. The summed E-state index contributed by atoms with van der Waals surface area (Å²) in [5, 5.41) is 8.82. The summed E-state index contributed by atoms with van der Waals surface area (Å²) in [7, 11) is 0. The minimum atomic E-state index is 0. The fourth-order valence-electron chi connectivity index (χ4n) is 0.413. The molecule has 0 unspecified atom stereocenters. The van der Waals surface area contributed by atoms with Gasteiger partial charge in [-0.3, -0.25) is 0 Å². The minimum absolute atomic E-state index is 0. The van der Waals surface area contributed by atoms with Gasteiger partial charge in [-0.1, -0.05) is 4.90 Å². The standard InChI is InChI=1S/C6H5OS.U/c7-5-3-1-2-4-6(5)8;/h1,3-4,7-8H;/q-1;. The van der Waals surface area contributed by atoms with Gasteiger partial charge < -0.3 is 5.11 Å². The molecule has 0 atom stereocenters. The van der Waals surface area contributed by atoms with E-state index in [1.165, 1.54) is 0 Å². The van der Waals surface area contributed by atoms with E-state index in [9.17, 15) is 0 Å². The Balaban J connectivity index is 0.000000640. The number of phenols is 1. The summed E-state index contributed by atoms with van der Waals surface area (Å²) in [5.74, 6) is 0.201. The normalized spacial score (nSPS) is 8.11. The molecule has 1 aromatic rings. The predicted molar refractivity (Wildman–Crippen MR) is 34.2 cm³/mol. The molecule has 0 radical (unpaired) electrons. The van der Waals surface area contributed by atoms with Gasteiger partial charge in [0.05, 0.1) is 0 Å². The van der Waals surface area contributed by atoms with Gasteiger partial charge in [-0.2, -0.15) is 18.2 Å². The van der Waals surface area contributed by atoms with Gasteiger partial charge >= 0.3 is 0 Å². The Morgan fingerprint density at radius 3 is 2.56 bits per heavy atom. The average molecular weight is 363 g/mol.